The average Bonchev–Trinajstić information content (AvgIpc) is 3.12. The van der Waals surface area contributed by atoms with Crippen molar-refractivity contribution in [3.63, 3.8) is 0 Å². The Hall–Kier alpha value is -3.20. The van der Waals surface area contributed by atoms with Gasteiger partial charge in [-0.25, -0.2) is 0 Å². The first kappa shape index (κ1) is 15.3. The van der Waals surface area contributed by atoms with Gasteiger partial charge in [0.05, 0.1) is 11.6 Å². The second-order valence-corrected chi connectivity index (χ2v) is 6.24. The number of carbonyl (C=O) groups is 1. The Balaban J connectivity index is 1.46. The molecule has 0 saturated carbocycles. The molecule has 3 aromatic rings. The first-order chi connectivity index (χ1) is 12.3. The Morgan fingerprint density at radius 2 is 1.84 bits per heavy atom. The van der Waals surface area contributed by atoms with Gasteiger partial charge in [0.25, 0.3) is 5.91 Å². The predicted octanol–water partition coefficient (Wildman–Crippen LogP) is 2.62. The van der Waals surface area contributed by atoms with Crippen molar-refractivity contribution in [3.05, 3.63) is 65.6 Å². The van der Waals surface area contributed by atoms with Gasteiger partial charge in [0.1, 0.15) is 5.82 Å². The first-order valence-corrected chi connectivity index (χ1v) is 8.35. The van der Waals surface area contributed by atoms with Gasteiger partial charge >= 0.3 is 0 Å². The topological polar surface area (TPSA) is 74.3 Å². The highest BCUT2D eigenvalue weighted by molar-refractivity contribution is 5.94. The van der Waals surface area contributed by atoms with Crippen LogP contribution in [0.1, 0.15) is 40.5 Å². The number of piperidine rings is 1. The zero-order valence-corrected chi connectivity index (χ0v) is 13.7. The number of likely N-dealkylation sites (tertiary alicyclic amines) is 1. The van der Waals surface area contributed by atoms with E-state index in [0.29, 0.717) is 30.1 Å². The molecule has 0 radical (unpaired) electrons. The van der Waals surface area contributed by atoms with Crippen LogP contribution in [0.5, 0.6) is 0 Å². The van der Waals surface area contributed by atoms with Crippen LogP contribution in [0.2, 0.25) is 0 Å². The molecule has 1 saturated heterocycles. The Labute approximate surface area is 145 Å². The average molecular weight is 331 g/mol. The fourth-order valence-corrected chi connectivity index (χ4v) is 3.35. The molecule has 6 nitrogen and oxygen atoms in total. The number of benzene rings is 1. The molecule has 2 aromatic heterocycles. The van der Waals surface area contributed by atoms with Crippen molar-refractivity contribution in [1.29, 1.82) is 5.26 Å². The second kappa shape index (κ2) is 6.36. The summed E-state index contributed by atoms with van der Waals surface area (Å²) >= 11 is 0. The lowest BCUT2D eigenvalue weighted by Crippen LogP contribution is -2.38. The van der Waals surface area contributed by atoms with Crippen molar-refractivity contribution < 1.29 is 4.79 Å². The van der Waals surface area contributed by atoms with Crippen LogP contribution in [-0.4, -0.2) is 38.5 Å². The van der Waals surface area contributed by atoms with Crippen LogP contribution in [0.4, 0.5) is 0 Å². The highest BCUT2D eigenvalue weighted by Crippen LogP contribution is 2.27. The number of nitrogens with zero attached hydrogens (tertiary/aromatic N) is 5. The normalized spacial score (nSPS) is 15.2. The van der Waals surface area contributed by atoms with Gasteiger partial charge in [-0.2, -0.15) is 5.26 Å². The van der Waals surface area contributed by atoms with Crippen LogP contribution in [0.3, 0.4) is 0 Å². The van der Waals surface area contributed by atoms with Crippen molar-refractivity contribution in [2.24, 2.45) is 0 Å². The number of hydrogen-bond acceptors (Lipinski definition) is 4. The van der Waals surface area contributed by atoms with Crippen LogP contribution in [0, 0.1) is 11.3 Å². The van der Waals surface area contributed by atoms with Crippen LogP contribution in [0.25, 0.3) is 5.65 Å². The Kier molecular flexibility index (Phi) is 3.90. The van der Waals surface area contributed by atoms with Crippen molar-refractivity contribution in [1.82, 2.24) is 19.5 Å². The van der Waals surface area contributed by atoms with Gasteiger partial charge in [-0.15, -0.1) is 10.2 Å². The molecule has 0 bridgehead atoms. The van der Waals surface area contributed by atoms with E-state index in [4.69, 9.17) is 5.26 Å². The van der Waals surface area contributed by atoms with E-state index in [-0.39, 0.29) is 5.91 Å². The van der Waals surface area contributed by atoms with E-state index in [2.05, 4.69) is 16.3 Å². The lowest BCUT2D eigenvalue weighted by molar-refractivity contribution is 0.0711. The minimum Gasteiger partial charge on any atom is -0.339 e. The number of hydrogen-bond donors (Lipinski definition) is 0. The number of pyridine rings is 1. The fourth-order valence-electron chi connectivity index (χ4n) is 3.35. The van der Waals surface area contributed by atoms with Crippen molar-refractivity contribution in [3.8, 4) is 6.07 Å². The number of fused-ring (bicyclic) bond motifs is 1. The van der Waals surface area contributed by atoms with Gasteiger partial charge in [-0.1, -0.05) is 6.07 Å². The lowest BCUT2D eigenvalue weighted by Gasteiger charge is -2.31. The van der Waals surface area contributed by atoms with Gasteiger partial charge in [-0.3, -0.25) is 9.20 Å². The third kappa shape index (κ3) is 2.85. The van der Waals surface area contributed by atoms with Gasteiger partial charge in [0.15, 0.2) is 5.65 Å². The zero-order chi connectivity index (χ0) is 17.2. The maximum absolute atomic E-state index is 12.6. The molecule has 0 N–H and O–H groups in total. The molecule has 4 rings (SSSR count). The maximum atomic E-state index is 12.6. The Morgan fingerprint density at radius 3 is 2.56 bits per heavy atom. The third-order valence-corrected chi connectivity index (χ3v) is 4.75. The molecule has 1 amide bonds. The summed E-state index contributed by atoms with van der Waals surface area (Å²) < 4.78 is 2.03. The zero-order valence-electron chi connectivity index (χ0n) is 13.7. The van der Waals surface area contributed by atoms with E-state index < -0.39 is 0 Å². The molecule has 1 fully saturated rings. The Morgan fingerprint density at radius 1 is 1.08 bits per heavy atom. The summed E-state index contributed by atoms with van der Waals surface area (Å²) in [5.74, 6) is 1.30. The van der Waals surface area contributed by atoms with Gasteiger partial charge in [0.2, 0.25) is 0 Å². The van der Waals surface area contributed by atoms with Crippen LogP contribution in [-0.2, 0) is 0 Å². The predicted molar refractivity (Wildman–Crippen MR) is 92.0 cm³/mol. The van der Waals surface area contributed by atoms with Crippen LogP contribution in [0.15, 0.2) is 48.7 Å². The van der Waals surface area contributed by atoms with E-state index in [1.54, 1.807) is 24.3 Å². The van der Waals surface area contributed by atoms with E-state index in [1.165, 1.54) is 0 Å². The molecule has 1 aromatic carbocycles. The van der Waals surface area contributed by atoms with Gasteiger partial charge in [0, 0.05) is 30.8 Å². The van der Waals surface area contributed by atoms with Crippen molar-refractivity contribution in [2.75, 3.05) is 13.1 Å². The molecule has 0 unspecified atom stereocenters. The summed E-state index contributed by atoms with van der Waals surface area (Å²) in [6.07, 6.45) is 3.73. The van der Waals surface area contributed by atoms with Crippen molar-refractivity contribution in [2.45, 2.75) is 18.8 Å². The molecule has 0 atom stereocenters. The molecule has 124 valence electrons. The van der Waals surface area contributed by atoms with E-state index >= 15 is 0 Å². The van der Waals surface area contributed by atoms with Gasteiger partial charge < -0.3 is 4.90 Å². The lowest BCUT2D eigenvalue weighted by atomic mass is 9.95. The molecule has 6 heteroatoms. The highest BCUT2D eigenvalue weighted by atomic mass is 16.2. The van der Waals surface area contributed by atoms with Crippen LogP contribution < -0.4 is 0 Å². The number of rotatable bonds is 2. The van der Waals surface area contributed by atoms with Crippen molar-refractivity contribution >= 4 is 11.6 Å². The third-order valence-electron chi connectivity index (χ3n) is 4.75. The standard InChI is InChI=1S/C19H17N5O/c20-13-14-4-6-16(7-5-14)19(25)23-11-8-15(9-12-23)18-22-21-17-3-1-2-10-24(17)18/h1-7,10,15H,8-9,11-12H2. The summed E-state index contributed by atoms with van der Waals surface area (Å²) in [5.41, 5.74) is 2.05. The summed E-state index contributed by atoms with van der Waals surface area (Å²) in [5, 5.41) is 17.4. The molecule has 1 aliphatic heterocycles. The summed E-state index contributed by atoms with van der Waals surface area (Å²) in [6, 6.07) is 14.7. The van der Waals surface area contributed by atoms with Gasteiger partial charge in [-0.05, 0) is 49.2 Å². The number of nitriles is 1. The number of carbonyl (C=O) groups excluding carboxylic acids is 1. The molecular weight excluding hydrogens is 314 g/mol. The fraction of sp³-hybridized carbons (Fsp3) is 0.263. The number of amides is 1. The monoisotopic (exact) mass is 331 g/mol. The minimum absolute atomic E-state index is 0.0223. The smallest absolute Gasteiger partial charge is 0.253 e. The molecule has 0 spiro atoms. The maximum Gasteiger partial charge on any atom is 0.253 e. The quantitative estimate of drug-likeness (QED) is 0.723. The minimum atomic E-state index is 0.0223. The summed E-state index contributed by atoms with van der Waals surface area (Å²) in [6.45, 7) is 1.40. The first-order valence-electron chi connectivity index (χ1n) is 8.35. The number of aromatic nitrogens is 3. The largest absolute Gasteiger partial charge is 0.339 e. The summed E-state index contributed by atoms with van der Waals surface area (Å²) in [4.78, 5) is 14.5. The Bertz CT molecular complexity index is 946. The molecule has 25 heavy (non-hydrogen) atoms. The molecule has 1 aliphatic rings. The molecule has 3 heterocycles. The van der Waals surface area contributed by atoms with E-state index in [1.807, 2.05) is 33.7 Å². The molecular formula is C19H17N5O. The van der Waals surface area contributed by atoms with E-state index in [9.17, 15) is 4.79 Å². The summed E-state index contributed by atoms with van der Waals surface area (Å²) in [7, 11) is 0. The molecule has 0 aliphatic carbocycles. The second-order valence-electron chi connectivity index (χ2n) is 6.24. The highest BCUT2D eigenvalue weighted by Gasteiger charge is 2.27. The van der Waals surface area contributed by atoms with Crippen LogP contribution >= 0.6 is 0 Å². The SMILES string of the molecule is N#Cc1ccc(C(=O)N2CCC(c3nnc4ccccn34)CC2)cc1. The van der Waals surface area contributed by atoms with E-state index in [0.717, 1.165) is 24.3 Å².